The van der Waals surface area contributed by atoms with Crippen LogP contribution in [0.3, 0.4) is 0 Å². The second kappa shape index (κ2) is 5.41. The molecule has 0 bridgehead atoms. The van der Waals surface area contributed by atoms with Gasteiger partial charge in [0.25, 0.3) is 0 Å². The van der Waals surface area contributed by atoms with Crippen LogP contribution >= 0.6 is 0 Å². The van der Waals surface area contributed by atoms with Crippen molar-refractivity contribution in [1.29, 1.82) is 0 Å². The topological polar surface area (TPSA) is 61.0 Å². The maximum absolute atomic E-state index is 5.67. The first-order valence-corrected chi connectivity index (χ1v) is 5.53. The van der Waals surface area contributed by atoms with Crippen LogP contribution in [0.5, 0.6) is 6.01 Å². The van der Waals surface area contributed by atoms with E-state index in [1.165, 1.54) is 0 Å². The van der Waals surface area contributed by atoms with Crippen molar-refractivity contribution in [3.05, 3.63) is 53.9 Å². The largest absolute Gasteiger partial charge is 0.456 e. The van der Waals surface area contributed by atoms with E-state index in [0.717, 1.165) is 11.3 Å². The smallest absolute Gasteiger partial charge is 0.317 e. The Balaban J connectivity index is 2.10. The summed E-state index contributed by atoms with van der Waals surface area (Å²) < 4.78 is 5.67. The Morgan fingerprint density at radius 1 is 1.24 bits per heavy atom. The molecule has 0 radical (unpaired) electrons. The third kappa shape index (κ3) is 3.01. The average molecular weight is 229 g/mol. The monoisotopic (exact) mass is 229 g/mol. The first-order valence-electron chi connectivity index (χ1n) is 5.53. The van der Waals surface area contributed by atoms with Crippen LogP contribution in [-0.4, -0.2) is 9.97 Å². The molecule has 1 heterocycles. The highest BCUT2D eigenvalue weighted by molar-refractivity contribution is 5.18. The molecular weight excluding hydrogens is 214 g/mol. The predicted octanol–water partition coefficient (Wildman–Crippen LogP) is 2.08. The predicted molar refractivity (Wildman–Crippen MR) is 65.4 cm³/mol. The lowest BCUT2D eigenvalue weighted by atomic mass is 10.1. The Morgan fingerprint density at radius 2 is 2.00 bits per heavy atom. The van der Waals surface area contributed by atoms with Crippen molar-refractivity contribution in [2.24, 2.45) is 5.73 Å². The zero-order valence-corrected chi connectivity index (χ0v) is 9.71. The summed E-state index contributed by atoms with van der Waals surface area (Å²) in [6.07, 6.45) is 1.58. The number of benzene rings is 1. The summed E-state index contributed by atoms with van der Waals surface area (Å²) >= 11 is 0. The van der Waals surface area contributed by atoms with Gasteiger partial charge in [0.15, 0.2) is 0 Å². The highest BCUT2D eigenvalue weighted by Gasteiger charge is 2.08. The van der Waals surface area contributed by atoms with Gasteiger partial charge in [-0.05, 0) is 18.6 Å². The van der Waals surface area contributed by atoms with Crippen molar-refractivity contribution in [3.63, 3.8) is 0 Å². The highest BCUT2D eigenvalue weighted by atomic mass is 16.5. The summed E-state index contributed by atoms with van der Waals surface area (Å²) in [6, 6.07) is 12.1. The van der Waals surface area contributed by atoms with Crippen molar-refractivity contribution in [2.75, 3.05) is 0 Å². The van der Waals surface area contributed by atoms with E-state index < -0.39 is 0 Å². The van der Waals surface area contributed by atoms with Gasteiger partial charge in [-0.1, -0.05) is 30.3 Å². The maximum Gasteiger partial charge on any atom is 0.317 e. The number of rotatable bonds is 4. The number of hydrogen-bond donors (Lipinski definition) is 1. The molecule has 0 aliphatic heterocycles. The zero-order valence-electron chi connectivity index (χ0n) is 9.71. The lowest BCUT2D eigenvalue weighted by Gasteiger charge is -2.13. The van der Waals surface area contributed by atoms with Crippen LogP contribution in [0, 0.1) is 0 Å². The molecule has 0 aliphatic rings. The number of nitrogens with two attached hydrogens (primary N) is 1. The Kier molecular flexibility index (Phi) is 3.67. The van der Waals surface area contributed by atoms with Crippen molar-refractivity contribution in [1.82, 2.24) is 9.97 Å². The molecule has 1 aromatic heterocycles. The van der Waals surface area contributed by atoms with Crippen molar-refractivity contribution >= 4 is 0 Å². The van der Waals surface area contributed by atoms with Gasteiger partial charge in [-0.3, -0.25) is 0 Å². The Bertz CT molecular complexity index is 473. The molecule has 2 rings (SSSR count). The summed E-state index contributed by atoms with van der Waals surface area (Å²) in [5.41, 5.74) is 7.38. The quantitative estimate of drug-likeness (QED) is 0.871. The van der Waals surface area contributed by atoms with Crippen LogP contribution in [-0.2, 0) is 6.54 Å². The zero-order chi connectivity index (χ0) is 12.1. The van der Waals surface area contributed by atoms with E-state index in [1.807, 2.05) is 37.3 Å². The second-order valence-corrected chi connectivity index (χ2v) is 3.71. The van der Waals surface area contributed by atoms with Gasteiger partial charge >= 0.3 is 6.01 Å². The molecule has 0 spiro atoms. The van der Waals surface area contributed by atoms with Crippen molar-refractivity contribution in [2.45, 2.75) is 19.6 Å². The molecule has 0 saturated heterocycles. The number of aromatic nitrogens is 2. The molecule has 0 aliphatic carbocycles. The van der Waals surface area contributed by atoms with E-state index in [9.17, 15) is 0 Å². The summed E-state index contributed by atoms with van der Waals surface area (Å²) in [5.74, 6) is 0. The van der Waals surface area contributed by atoms with Gasteiger partial charge in [0.2, 0.25) is 0 Å². The normalized spacial score (nSPS) is 12.1. The molecular formula is C13H15N3O. The first-order chi connectivity index (χ1) is 8.29. The van der Waals surface area contributed by atoms with Crippen LogP contribution in [0.4, 0.5) is 0 Å². The average Bonchev–Trinajstić information content (AvgIpc) is 2.40. The Hall–Kier alpha value is -1.94. The number of hydrogen-bond acceptors (Lipinski definition) is 4. The molecule has 4 nitrogen and oxygen atoms in total. The van der Waals surface area contributed by atoms with Crippen LogP contribution < -0.4 is 10.5 Å². The van der Waals surface area contributed by atoms with Crippen LogP contribution in [0.2, 0.25) is 0 Å². The van der Waals surface area contributed by atoms with E-state index in [1.54, 1.807) is 12.3 Å². The third-order valence-electron chi connectivity index (χ3n) is 2.45. The lowest BCUT2D eigenvalue weighted by molar-refractivity contribution is 0.206. The van der Waals surface area contributed by atoms with Gasteiger partial charge < -0.3 is 10.5 Å². The van der Waals surface area contributed by atoms with E-state index >= 15 is 0 Å². The standard InChI is InChI=1S/C13H15N3O/c1-10(11-5-3-2-4-6-11)17-13-15-8-7-12(9-14)16-13/h2-8,10H,9,14H2,1H3. The molecule has 0 amide bonds. The molecule has 0 saturated carbocycles. The third-order valence-corrected chi connectivity index (χ3v) is 2.45. The molecule has 4 heteroatoms. The number of nitrogens with zero attached hydrogens (tertiary/aromatic N) is 2. The molecule has 2 N–H and O–H groups in total. The minimum absolute atomic E-state index is 0.0794. The van der Waals surface area contributed by atoms with E-state index in [2.05, 4.69) is 9.97 Å². The van der Waals surface area contributed by atoms with Crippen LogP contribution in [0.25, 0.3) is 0 Å². The van der Waals surface area contributed by atoms with E-state index in [0.29, 0.717) is 12.6 Å². The molecule has 1 atom stereocenters. The van der Waals surface area contributed by atoms with Gasteiger partial charge in [0.05, 0.1) is 5.69 Å². The van der Waals surface area contributed by atoms with Gasteiger partial charge in [0, 0.05) is 12.7 Å². The van der Waals surface area contributed by atoms with E-state index in [-0.39, 0.29) is 6.10 Å². The molecule has 17 heavy (non-hydrogen) atoms. The molecule has 0 fully saturated rings. The fourth-order valence-corrected chi connectivity index (χ4v) is 1.50. The minimum atomic E-state index is -0.0794. The van der Waals surface area contributed by atoms with Crippen molar-refractivity contribution < 1.29 is 4.74 Å². The molecule has 1 unspecified atom stereocenters. The minimum Gasteiger partial charge on any atom is -0.456 e. The van der Waals surface area contributed by atoms with Crippen molar-refractivity contribution in [3.8, 4) is 6.01 Å². The van der Waals surface area contributed by atoms with Gasteiger partial charge in [-0.25, -0.2) is 4.98 Å². The highest BCUT2D eigenvalue weighted by Crippen LogP contribution is 2.17. The SMILES string of the molecule is CC(Oc1nccc(CN)n1)c1ccccc1. The summed E-state index contributed by atoms with van der Waals surface area (Å²) in [7, 11) is 0. The summed E-state index contributed by atoms with van der Waals surface area (Å²) in [4.78, 5) is 8.26. The van der Waals surface area contributed by atoms with Gasteiger partial charge in [-0.15, -0.1) is 0 Å². The summed E-state index contributed by atoms with van der Waals surface area (Å²) in [5, 5.41) is 0. The van der Waals surface area contributed by atoms with Gasteiger partial charge in [-0.2, -0.15) is 4.98 Å². The number of ether oxygens (including phenoxy) is 1. The first kappa shape index (κ1) is 11.5. The van der Waals surface area contributed by atoms with Crippen LogP contribution in [0.1, 0.15) is 24.3 Å². The van der Waals surface area contributed by atoms with E-state index in [4.69, 9.17) is 10.5 Å². The molecule has 2 aromatic rings. The lowest BCUT2D eigenvalue weighted by Crippen LogP contribution is -2.07. The summed E-state index contributed by atoms with van der Waals surface area (Å²) in [6.45, 7) is 2.35. The molecule has 1 aromatic carbocycles. The Labute approximate surface area is 100 Å². The Morgan fingerprint density at radius 3 is 2.71 bits per heavy atom. The van der Waals surface area contributed by atoms with Crippen LogP contribution in [0.15, 0.2) is 42.6 Å². The maximum atomic E-state index is 5.67. The fraction of sp³-hybridized carbons (Fsp3) is 0.231. The fourth-order valence-electron chi connectivity index (χ4n) is 1.50. The second-order valence-electron chi connectivity index (χ2n) is 3.71. The van der Waals surface area contributed by atoms with Gasteiger partial charge in [0.1, 0.15) is 6.10 Å². The molecule has 88 valence electrons.